The molecular weight excluding hydrogens is 332 g/mol. The molecule has 128 valence electrons. The zero-order chi connectivity index (χ0) is 17.2. The van der Waals surface area contributed by atoms with Gasteiger partial charge in [-0.25, -0.2) is 4.98 Å². The van der Waals surface area contributed by atoms with E-state index < -0.39 is 0 Å². The Kier molecular flexibility index (Phi) is 4.40. The molecule has 0 unspecified atom stereocenters. The molecule has 0 saturated heterocycles. The summed E-state index contributed by atoms with van der Waals surface area (Å²) in [7, 11) is 0. The fourth-order valence-electron chi connectivity index (χ4n) is 2.86. The van der Waals surface area contributed by atoms with Crippen molar-refractivity contribution in [3.8, 4) is 10.8 Å². The van der Waals surface area contributed by atoms with Crippen LogP contribution in [0.5, 0.6) is 0 Å². The molecule has 4 nitrogen and oxygen atoms in total. The molecule has 0 radical (unpaired) electrons. The molecule has 0 N–H and O–H groups in total. The van der Waals surface area contributed by atoms with Crippen molar-refractivity contribution < 1.29 is 9.21 Å². The molecule has 0 aliphatic heterocycles. The van der Waals surface area contributed by atoms with Gasteiger partial charge in [-0.3, -0.25) is 4.79 Å². The molecule has 4 rings (SSSR count). The van der Waals surface area contributed by atoms with Gasteiger partial charge in [-0.15, -0.1) is 11.3 Å². The van der Waals surface area contributed by atoms with E-state index in [4.69, 9.17) is 4.42 Å². The number of carbonyl (C=O) groups is 1. The third-order valence-electron chi connectivity index (χ3n) is 4.40. The number of hydrogen-bond acceptors (Lipinski definition) is 4. The molecule has 1 aliphatic carbocycles. The number of aromatic nitrogens is 1. The minimum atomic E-state index is 0.152. The second-order valence-corrected chi connectivity index (χ2v) is 7.39. The molecule has 2 aromatic heterocycles. The molecule has 1 aliphatic rings. The maximum Gasteiger partial charge on any atom is 0.229 e. The van der Waals surface area contributed by atoms with Crippen LogP contribution in [-0.4, -0.2) is 21.8 Å². The lowest BCUT2D eigenvalue weighted by Crippen LogP contribution is -2.33. The van der Waals surface area contributed by atoms with Crippen molar-refractivity contribution in [3.05, 3.63) is 64.9 Å². The van der Waals surface area contributed by atoms with Crippen LogP contribution in [-0.2, 0) is 17.8 Å². The topological polar surface area (TPSA) is 46.3 Å². The number of benzene rings is 1. The van der Waals surface area contributed by atoms with Crippen molar-refractivity contribution in [2.75, 3.05) is 0 Å². The van der Waals surface area contributed by atoms with Crippen LogP contribution in [0.1, 0.15) is 29.7 Å². The van der Waals surface area contributed by atoms with Crippen molar-refractivity contribution in [2.24, 2.45) is 0 Å². The maximum atomic E-state index is 12.8. The van der Waals surface area contributed by atoms with Gasteiger partial charge in [0.1, 0.15) is 0 Å². The average Bonchev–Trinajstić information content (AvgIpc) is 3.09. The molecule has 0 spiro atoms. The summed E-state index contributed by atoms with van der Waals surface area (Å²) < 4.78 is 5.37. The monoisotopic (exact) mass is 352 g/mol. The first-order valence-electron chi connectivity index (χ1n) is 8.52. The number of hydrogen-bond donors (Lipinski definition) is 0. The van der Waals surface area contributed by atoms with Gasteiger partial charge in [-0.1, -0.05) is 29.8 Å². The molecule has 1 aromatic carbocycles. The summed E-state index contributed by atoms with van der Waals surface area (Å²) in [6.45, 7) is 2.76. The van der Waals surface area contributed by atoms with Gasteiger partial charge in [0.25, 0.3) is 0 Å². The number of furan rings is 1. The smallest absolute Gasteiger partial charge is 0.229 e. The number of thiazole rings is 1. The number of amides is 1. The van der Waals surface area contributed by atoms with Crippen LogP contribution in [0.25, 0.3) is 10.8 Å². The Morgan fingerprint density at radius 2 is 2.08 bits per heavy atom. The van der Waals surface area contributed by atoms with Gasteiger partial charge in [0.15, 0.2) is 10.8 Å². The van der Waals surface area contributed by atoms with Crippen LogP contribution in [0.15, 0.2) is 52.5 Å². The normalized spacial score (nSPS) is 13.8. The Balaban J connectivity index is 1.45. The molecule has 1 saturated carbocycles. The summed E-state index contributed by atoms with van der Waals surface area (Å²) in [5.41, 5.74) is 3.23. The van der Waals surface area contributed by atoms with Crippen molar-refractivity contribution in [1.82, 2.24) is 9.88 Å². The molecule has 25 heavy (non-hydrogen) atoms. The SMILES string of the molecule is Cc1ccc(CN(C(=O)Cc2csc(-c3ccco3)n2)C2CC2)cc1. The Hall–Kier alpha value is -2.40. The third kappa shape index (κ3) is 3.82. The first-order chi connectivity index (χ1) is 12.2. The Morgan fingerprint density at radius 3 is 2.76 bits per heavy atom. The van der Waals surface area contributed by atoms with Crippen LogP contribution in [0, 0.1) is 6.92 Å². The van der Waals surface area contributed by atoms with Crippen LogP contribution in [0.3, 0.4) is 0 Å². The molecule has 0 atom stereocenters. The van der Waals surface area contributed by atoms with Crippen molar-refractivity contribution in [3.63, 3.8) is 0 Å². The van der Waals surface area contributed by atoms with Crippen LogP contribution in [0.4, 0.5) is 0 Å². The quantitative estimate of drug-likeness (QED) is 0.659. The molecule has 5 heteroatoms. The second-order valence-electron chi connectivity index (χ2n) is 6.54. The fraction of sp³-hybridized carbons (Fsp3) is 0.300. The molecule has 1 amide bonds. The Morgan fingerprint density at radius 1 is 1.28 bits per heavy atom. The first-order valence-corrected chi connectivity index (χ1v) is 9.40. The predicted molar refractivity (Wildman–Crippen MR) is 98.3 cm³/mol. The van der Waals surface area contributed by atoms with Crippen LogP contribution in [0.2, 0.25) is 0 Å². The summed E-state index contributed by atoms with van der Waals surface area (Å²) in [4.78, 5) is 19.4. The standard InChI is InChI=1S/C20H20N2O2S/c1-14-4-6-15(7-5-14)12-22(17-8-9-17)19(23)11-16-13-25-20(21-16)18-3-2-10-24-18/h2-7,10,13,17H,8-9,11-12H2,1H3. The van der Waals surface area contributed by atoms with Gasteiger partial charge < -0.3 is 9.32 Å². The lowest BCUT2D eigenvalue weighted by Gasteiger charge is -2.22. The van der Waals surface area contributed by atoms with Gasteiger partial charge in [0, 0.05) is 18.0 Å². The summed E-state index contributed by atoms with van der Waals surface area (Å²) in [6.07, 6.45) is 4.19. The number of carbonyl (C=O) groups excluding carboxylic acids is 1. The first kappa shape index (κ1) is 16.1. The lowest BCUT2D eigenvalue weighted by molar-refractivity contribution is -0.131. The van der Waals surface area contributed by atoms with E-state index in [1.54, 1.807) is 6.26 Å². The Labute approximate surface area is 151 Å². The van der Waals surface area contributed by atoms with E-state index in [1.165, 1.54) is 22.5 Å². The minimum absolute atomic E-state index is 0.152. The van der Waals surface area contributed by atoms with E-state index in [9.17, 15) is 4.79 Å². The molecule has 2 heterocycles. The molecule has 3 aromatic rings. The number of aryl methyl sites for hydroxylation is 1. The van der Waals surface area contributed by atoms with Gasteiger partial charge in [0.2, 0.25) is 5.91 Å². The third-order valence-corrected chi connectivity index (χ3v) is 5.30. The van der Waals surface area contributed by atoms with E-state index in [1.807, 2.05) is 22.4 Å². The van der Waals surface area contributed by atoms with E-state index in [-0.39, 0.29) is 5.91 Å². The number of nitrogens with zero attached hydrogens (tertiary/aromatic N) is 2. The van der Waals surface area contributed by atoms with Gasteiger partial charge in [-0.05, 0) is 37.5 Å². The van der Waals surface area contributed by atoms with Gasteiger partial charge in [-0.2, -0.15) is 0 Å². The highest BCUT2D eigenvalue weighted by molar-refractivity contribution is 7.13. The van der Waals surface area contributed by atoms with Gasteiger partial charge >= 0.3 is 0 Å². The van der Waals surface area contributed by atoms with Crippen LogP contribution < -0.4 is 0 Å². The number of rotatable bonds is 6. The highest BCUT2D eigenvalue weighted by Crippen LogP contribution is 2.30. The molecule has 0 bridgehead atoms. The van der Waals surface area contributed by atoms with Gasteiger partial charge in [0.05, 0.1) is 18.4 Å². The Bertz CT molecular complexity index is 848. The molecular formula is C20H20N2O2S. The summed E-state index contributed by atoms with van der Waals surface area (Å²) in [6, 6.07) is 12.5. The zero-order valence-corrected chi connectivity index (χ0v) is 15.0. The van der Waals surface area contributed by atoms with Crippen LogP contribution >= 0.6 is 11.3 Å². The maximum absolute atomic E-state index is 12.8. The molecule has 1 fully saturated rings. The summed E-state index contributed by atoms with van der Waals surface area (Å²) in [5.74, 6) is 0.904. The van der Waals surface area contributed by atoms with Crippen molar-refractivity contribution >= 4 is 17.2 Å². The highest BCUT2D eigenvalue weighted by atomic mass is 32.1. The predicted octanol–water partition coefficient (Wildman–Crippen LogP) is 4.45. The van der Waals surface area contributed by atoms with E-state index in [0.717, 1.165) is 29.3 Å². The highest BCUT2D eigenvalue weighted by Gasteiger charge is 2.32. The fourth-order valence-corrected chi connectivity index (χ4v) is 3.64. The minimum Gasteiger partial charge on any atom is -0.462 e. The van der Waals surface area contributed by atoms with E-state index in [2.05, 4.69) is 36.2 Å². The van der Waals surface area contributed by atoms with E-state index >= 15 is 0 Å². The largest absolute Gasteiger partial charge is 0.462 e. The van der Waals surface area contributed by atoms with Crippen molar-refractivity contribution in [1.29, 1.82) is 0 Å². The second kappa shape index (κ2) is 6.84. The zero-order valence-electron chi connectivity index (χ0n) is 14.1. The average molecular weight is 352 g/mol. The summed E-state index contributed by atoms with van der Waals surface area (Å²) >= 11 is 1.51. The van der Waals surface area contributed by atoms with Crippen molar-refractivity contribution in [2.45, 2.75) is 38.8 Å². The lowest BCUT2D eigenvalue weighted by atomic mass is 10.1. The summed E-state index contributed by atoms with van der Waals surface area (Å²) in [5, 5.41) is 2.77. The van der Waals surface area contributed by atoms with E-state index in [0.29, 0.717) is 19.0 Å².